The molecule has 0 bridgehead atoms. The van der Waals surface area contributed by atoms with Gasteiger partial charge in [-0.05, 0) is 75.3 Å². The Labute approximate surface area is 188 Å². The Hall–Kier alpha value is -3.35. The molecule has 0 aromatic heterocycles. The van der Waals surface area contributed by atoms with Crippen molar-refractivity contribution in [2.24, 2.45) is 5.92 Å². The first-order chi connectivity index (χ1) is 15.2. The molecular weight excluding hydrogens is 408 g/mol. The van der Waals surface area contributed by atoms with Crippen molar-refractivity contribution in [2.75, 3.05) is 11.9 Å². The van der Waals surface area contributed by atoms with Crippen LogP contribution in [0.2, 0.25) is 0 Å². The van der Waals surface area contributed by atoms with Crippen LogP contribution in [0.1, 0.15) is 51.0 Å². The molecule has 32 heavy (non-hydrogen) atoms. The molecule has 0 radical (unpaired) electrons. The molecule has 7 nitrogen and oxygen atoms in total. The maximum Gasteiger partial charge on any atom is 0.328 e. The van der Waals surface area contributed by atoms with Crippen molar-refractivity contribution in [3.63, 3.8) is 0 Å². The smallest absolute Gasteiger partial charge is 0.328 e. The molecule has 7 heteroatoms. The van der Waals surface area contributed by atoms with Crippen molar-refractivity contribution in [3.8, 4) is 5.75 Å². The molecule has 3 N–H and O–H groups in total. The third-order valence-electron chi connectivity index (χ3n) is 5.85. The van der Waals surface area contributed by atoms with Gasteiger partial charge < -0.3 is 20.5 Å². The number of carboxylic acids is 1. The average molecular weight is 439 g/mol. The number of benzene rings is 2. The number of amides is 2. The van der Waals surface area contributed by atoms with Gasteiger partial charge in [0.2, 0.25) is 5.91 Å². The predicted octanol–water partition coefficient (Wildman–Crippen LogP) is 3.96. The molecule has 1 fully saturated rings. The van der Waals surface area contributed by atoms with Crippen LogP contribution in [0.3, 0.4) is 0 Å². The summed E-state index contributed by atoms with van der Waals surface area (Å²) in [5, 5.41) is 14.7. The second-order valence-electron chi connectivity index (χ2n) is 8.74. The van der Waals surface area contributed by atoms with Crippen molar-refractivity contribution >= 4 is 23.5 Å². The Morgan fingerprint density at radius 2 is 1.59 bits per heavy atom. The molecule has 0 spiro atoms. The zero-order valence-electron chi connectivity index (χ0n) is 18.5. The first-order valence-electron chi connectivity index (χ1n) is 10.9. The first-order valence-corrected chi connectivity index (χ1v) is 10.9. The number of carbonyl (C=O) groups excluding carboxylic acids is 2. The number of carboxylic acid groups (broad SMARTS) is 1. The lowest BCUT2D eigenvalue weighted by atomic mass is 9.78. The lowest BCUT2D eigenvalue weighted by molar-refractivity contribution is -0.146. The van der Waals surface area contributed by atoms with Gasteiger partial charge in [0, 0.05) is 11.6 Å². The van der Waals surface area contributed by atoms with Crippen LogP contribution in [0.15, 0.2) is 54.6 Å². The molecule has 0 atom stereocenters. The Morgan fingerprint density at radius 1 is 0.969 bits per heavy atom. The molecule has 0 saturated heterocycles. The maximum absolute atomic E-state index is 12.4. The molecule has 2 aromatic rings. The third kappa shape index (κ3) is 6.33. The van der Waals surface area contributed by atoms with E-state index in [0.29, 0.717) is 17.4 Å². The molecule has 0 heterocycles. The highest BCUT2D eigenvalue weighted by atomic mass is 16.5. The van der Waals surface area contributed by atoms with E-state index in [-0.39, 0.29) is 24.3 Å². The number of hydrogen-bond donors (Lipinski definition) is 3. The standard InChI is InChI=1S/C25H30N2O5/c1-25(2,24(30)31)27-23(29)19-10-8-17(9-11-19)18-12-14-20(15-13-18)26-22(28)16-32-21-6-4-3-5-7-21/h3-7,12-15,17,19H,8-11,16H2,1-2H3,(H,26,28)(H,27,29)(H,30,31). The number of ether oxygens (including phenoxy) is 1. The third-order valence-corrected chi connectivity index (χ3v) is 5.85. The molecular formula is C25H30N2O5. The fourth-order valence-corrected chi connectivity index (χ4v) is 3.85. The molecule has 170 valence electrons. The number of rotatable bonds is 8. The lowest BCUT2D eigenvalue weighted by Gasteiger charge is -2.30. The van der Waals surface area contributed by atoms with Crippen molar-refractivity contribution in [1.82, 2.24) is 5.32 Å². The van der Waals surface area contributed by atoms with Gasteiger partial charge in [0.25, 0.3) is 5.91 Å². The van der Waals surface area contributed by atoms with Gasteiger partial charge in [0.15, 0.2) is 6.61 Å². The van der Waals surface area contributed by atoms with Crippen LogP contribution in [-0.4, -0.2) is 35.0 Å². The minimum Gasteiger partial charge on any atom is -0.484 e. The van der Waals surface area contributed by atoms with Gasteiger partial charge in [-0.15, -0.1) is 0 Å². The van der Waals surface area contributed by atoms with E-state index in [1.807, 2.05) is 42.5 Å². The summed E-state index contributed by atoms with van der Waals surface area (Å²) in [4.78, 5) is 35.8. The molecule has 2 aromatic carbocycles. The summed E-state index contributed by atoms with van der Waals surface area (Å²) in [6.45, 7) is 2.93. The number of nitrogens with one attached hydrogen (secondary N) is 2. The predicted molar refractivity (Wildman–Crippen MR) is 122 cm³/mol. The van der Waals surface area contributed by atoms with Crippen LogP contribution in [-0.2, 0) is 14.4 Å². The summed E-state index contributed by atoms with van der Waals surface area (Å²) in [6.07, 6.45) is 3.17. The number of hydrogen-bond acceptors (Lipinski definition) is 4. The van der Waals surface area contributed by atoms with E-state index in [9.17, 15) is 19.5 Å². The molecule has 1 aliphatic carbocycles. The van der Waals surface area contributed by atoms with E-state index in [1.54, 1.807) is 12.1 Å². The Kier molecular flexibility index (Phi) is 7.51. The Morgan fingerprint density at radius 3 is 2.19 bits per heavy atom. The van der Waals surface area contributed by atoms with Gasteiger partial charge in [-0.1, -0.05) is 30.3 Å². The van der Waals surface area contributed by atoms with Crippen LogP contribution in [0.25, 0.3) is 0 Å². The van der Waals surface area contributed by atoms with Crippen molar-refractivity contribution in [2.45, 2.75) is 51.0 Å². The zero-order valence-corrected chi connectivity index (χ0v) is 18.5. The second kappa shape index (κ2) is 10.3. The monoisotopic (exact) mass is 438 g/mol. The van der Waals surface area contributed by atoms with E-state index >= 15 is 0 Å². The summed E-state index contributed by atoms with van der Waals surface area (Å²) < 4.78 is 5.45. The van der Waals surface area contributed by atoms with Gasteiger partial charge >= 0.3 is 5.97 Å². The summed E-state index contributed by atoms with van der Waals surface area (Å²) in [5.74, 6) is -0.623. The summed E-state index contributed by atoms with van der Waals surface area (Å²) in [7, 11) is 0. The first kappa shape index (κ1) is 23.3. The SMILES string of the molecule is CC(C)(NC(=O)C1CCC(c2ccc(NC(=O)COc3ccccc3)cc2)CC1)C(=O)O. The van der Waals surface area contributed by atoms with E-state index in [4.69, 9.17) is 4.74 Å². The fourth-order valence-electron chi connectivity index (χ4n) is 3.85. The summed E-state index contributed by atoms with van der Waals surface area (Å²) in [6, 6.07) is 17.0. The molecule has 0 unspecified atom stereocenters. The summed E-state index contributed by atoms with van der Waals surface area (Å²) in [5.41, 5.74) is 0.619. The van der Waals surface area contributed by atoms with Crippen LogP contribution in [0.4, 0.5) is 5.69 Å². The van der Waals surface area contributed by atoms with Gasteiger partial charge in [0.05, 0.1) is 0 Å². The Bertz CT molecular complexity index is 933. The van der Waals surface area contributed by atoms with Crippen LogP contribution in [0, 0.1) is 5.92 Å². The summed E-state index contributed by atoms with van der Waals surface area (Å²) >= 11 is 0. The second-order valence-corrected chi connectivity index (χ2v) is 8.74. The number of para-hydroxylation sites is 1. The van der Waals surface area contributed by atoms with Crippen LogP contribution < -0.4 is 15.4 Å². The lowest BCUT2D eigenvalue weighted by Crippen LogP contribution is -2.51. The van der Waals surface area contributed by atoms with E-state index < -0.39 is 11.5 Å². The highest BCUT2D eigenvalue weighted by Crippen LogP contribution is 2.36. The van der Waals surface area contributed by atoms with Crippen molar-refractivity contribution in [3.05, 3.63) is 60.2 Å². The topological polar surface area (TPSA) is 105 Å². The largest absolute Gasteiger partial charge is 0.484 e. The van der Waals surface area contributed by atoms with E-state index in [2.05, 4.69) is 10.6 Å². The molecule has 0 aliphatic heterocycles. The quantitative estimate of drug-likeness (QED) is 0.579. The van der Waals surface area contributed by atoms with Gasteiger partial charge in [-0.25, -0.2) is 4.79 Å². The molecule has 2 amide bonds. The number of aliphatic carboxylic acids is 1. The number of anilines is 1. The highest BCUT2D eigenvalue weighted by Gasteiger charge is 2.33. The molecule has 3 rings (SSSR count). The highest BCUT2D eigenvalue weighted by molar-refractivity contribution is 5.91. The minimum atomic E-state index is -1.26. The zero-order chi connectivity index (χ0) is 23.1. The number of carbonyl (C=O) groups is 3. The van der Waals surface area contributed by atoms with Gasteiger partial charge in [-0.3, -0.25) is 9.59 Å². The Balaban J connectivity index is 1.46. The van der Waals surface area contributed by atoms with Gasteiger partial charge in [0.1, 0.15) is 11.3 Å². The van der Waals surface area contributed by atoms with Gasteiger partial charge in [-0.2, -0.15) is 0 Å². The van der Waals surface area contributed by atoms with E-state index in [0.717, 1.165) is 25.7 Å². The fraction of sp³-hybridized carbons (Fsp3) is 0.400. The minimum absolute atomic E-state index is 0.0590. The molecule has 1 saturated carbocycles. The normalized spacial score (nSPS) is 18.4. The van der Waals surface area contributed by atoms with Crippen LogP contribution >= 0.6 is 0 Å². The van der Waals surface area contributed by atoms with Crippen LogP contribution in [0.5, 0.6) is 5.75 Å². The average Bonchev–Trinajstić information content (AvgIpc) is 2.78. The van der Waals surface area contributed by atoms with E-state index in [1.165, 1.54) is 19.4 Å². The molecule has 1 aliphatic rings. The van der Waals surface area contributed by atoms with Crippen molar-refractivity contribution < 1.29 is 24.2 Å². The maximum atomic E-state index is 12.4. The van der Waals surface area contributed by atoms with Crippen molar-refractivity contribution in [1.29, 1.82) is 0 Å².